The van der Waals surface area contributed by atoms with Crippen LogP contribution in [-0.4, -0.2) is 36.5 Å². The first-order valence-corrected chi connectivity index (χ1v) is 9.74. The first kappa shape index (κ1) is 20.4. The van der Waals surface area contributed by atoms with Crippen LogP contribution in [0.25, 0.3) is 10.9 Å². The highest BCUT2D eigenvalue weighted by atomic mass is 19.1. The molecule has 152 valence electrons. The van der Waals surface area contributed by atoms with Gasteiger partial charge in [0.05, 0.1) is 0 Å². The predicted molar refractivity (Wildman–Crippen MR) is 114 cm³/mol. The number of benzene rings is 2. The predicted octanol–water partition coefficient (Wildman–Crippen LogP) is 2.72. The molecule has 1 aromatic heterocycles. The minimum absolute atomic E-state index is 0.0421. The molecular weight excluding hydrogens is 369 g/mol. The third-order valence-electron chi connectivity index (χ3n) is 4.47. The van der Waals surface area contributed by atoms with Crippen LogP contribution in [-0.2, 0) is 17.8 Å². The fraction of sp³-hybridized carbons (Fsp3) is 0.273. The summed E-state index contributed by atoms with van der Waals surface area (Å²) in [5.41, 5.74) is 2.99. The van der Waals surface area contributed by atoms with E-state index in [2.05, 4.69) is 25.9 Å². The zero-order chi connectivity index (χ0) is 20.5. The maximum Gasteiger partial charge on any atom is 0.242 e. The molecule has 4 N–H and O–H groups in total. The third-order valence-corrected chi connectivity index (χ3v) is 4.47. The van der Waals surface area contributed by atoms with Crippen LogP contribution in [0.3, 0.4) is 0 Å². The summed E-state index contributed by atoms with van der Waals surface area (Å²) >= 11 is 0. The fourth-order valence-electron chi connectivity index (χ4n) is 3.02. The van der Waals surface area contributed by atoms with Gasteiger partial charge >= 0.3 is 0 Å². The molecule has 0 bridgehead atoms. The number of amides is 1. The van der Waals surface area contributed by atoms with E-state index in [0.717, 1.165) is 22.0 Å². The Labute approximate surface area is 169 Å². The fourth-order valence-corrected chi connectivity index (χ4v) is 3.02. The van der Waals surface area contributed by atoms with Gasteiger partial charge in [-0.05, 0) is 42.7 Å². The molecule has 0 aliphatic rings. The number of guanidine groups is 1. The molecule has 0 spiro atoms. The van der Waals surface area contributed by atoms with Crippen molar-refractivity contribution in [3.05, 3.63) is 71.7 Å². The highest BCUT2D eigenvalue weighted by Gasteiger charge is 2.06. The number of rotatable bonds is 8. The van der Waals surface area contributed by atoms with Gasteiger partial charge in [-0.2, -0.15) is 0 Å². The van der Waals surface area contributed by atoms with Crippen LogP contribution in [0.4, 0.5) is 4.39 Å². The highest BCUT2D eigenvalue weighted by molar-refractivity contribution is 5.85. The van der Waals surface area contributed by atoms with E-state index in [4.69, 9.17) is 0 Å². The summed E-state index contributed by atoms with van der Waals surface area (Å²) in [6, 6.07) is 14.5. The number of hydrogen-bond donors (Lipinski definition) is 4. The first-order valence-electron chi connectivity index (χ1n) is 9.74. The van der Waals surface area contributed by atoms with Gasteiger partial charge in [0, 0.05) is 36.7 Å². The number of aromatic nitrogens is 1. The normalized spacial score (nSPS) is 11.4. The maximum atomic E-state index is 13.5. The van der Waals surface area contributed by atoms with Crippen molar-refractivity contribution in [2.75, 3.05) is 19.6 Å². The van der Waals surface area contributed by atoms with E-state index in [1.54, 1.807) is 6.07 Å². The Kier molecular flexibility index (Phi) is 7.22. The van der Waals surface area contributed by atoms with Crippen LogP contribution in [0.1, 0.15) is 18.1 Å². The van der Waals surface area contributed by atoms with E-state index in [1.165, 1.54) is 12.1 Å². The summed E-state index contributed by atoms with van der Waals surface area (Å²) in [5.74, 6) is 0.189. The molecular formula is C22H26FN5O. The molecule has 3 rings (SSSR count). The number of fused-ring (bicyclic) bond motifs is 1. The number of nitrogens with one attached hydrogen (secondary N) is 4. The van der Waals surface area contributed by atoms with Crippen molar-refractivity contribution in [1.29, 1.82) is 0 Å². The zero-order valence-electron chi connectivity index (χ0n) is 16.5. The lowest BCUT2D eigenvalue weighted by Gasteiger charge is -2.11. The topological polar surface area (TPSA) is 81.3 Å². The van der Waals surface area contributed by atoms with Crippen molar-refractivity contribution in [2.24, 2.45) is 4.99 Å². The lowest BCUT2D eigenvalue weighted by molar-refractivity contribution is -0.119. The molecule has 7 heteroatoms. The Hall–Kier alpha value is -3.35. The summed E-state index contributed by atoms with van der Waals surface area (Å²) < 4.78 is 13.5. The Morgan fingerprint density at radius 3 is 2.72 bits per heavy atom. The number of carbonyl (C=O) groups is 1. The second-order valence-electron chi connectivity index (χ2n) is 6.64. The van der Waals surface area contributed by atoms with E-state index >= 15 is 0 Å². The quantitative estimate of drug-likeness (QED) is 0.350. The van der Waals surface area contributed by atoms with Crippen LogP contribution in [0.2, 0.25) is 0 Å². The minimum atomic E-state index is -0.247. The lowest BCUT2D eigenvalue weighted by atomic mass is 10.1. The molecule has 0 aliphatic heterocycles. The molecule has 0 unspecified atom stereocenters. The highest BCUT2D eigenvalue weighted by Crippen LogP contribution is 2.19. The Morgan fingerprint density at radius 1 is 1.10 bits per heavy atom. The monoisotopic (exact) mass is 395 g/mol. The van der Waals surface area contributed by atoms with Gasteiger partial charge in [0.2, 0.25) is 5.91 Å². The maximum absolute atomic E-state index is 13.5. The second-order valence-corrected chi connectivity index (χ2v) is 6.64. The number of carbonyl (C=O) groups excluding carboxylic acids is 1. The summed E-state index contributed by atoms with van der Waals surface area (Å²) in [6.45, 7) is 3.79. The van der Waals surface area contributed by atoms with Gasteiger partial charge in [-0.1, -0.05) is 30.3 Å². The Balaban J connectivity index is 1.49. The molecule has 29 heavy (non-hydrogen) atoms. The van der Waals surface area contributed by atoms with E-state index in [9.17, 15) is 9.18 Å². The van der Waals surface area contributed by atoms with Crippen molar-refractivity contribution in [3.8, 4) is 0 Å². The largest absolute Gasteiger partial charge is 0.361 e. The third kappa shape index (κ3) is 6.07. The molecule has 2 aromatic carbocycles. The van der Waals surface area contributed by atoms with Crippen LogP contribution in [0.15, 0.2) is 59.7 Å². The van der Waals surface area contributed by atoms with Crippen LogP contribution in [0.5, 0.6) is 0 Å². The molecule has 1 heterocycles. The summed E-state index contributed by atoms with van der Waals surface area (Å²) in [4.78, 5) is 19.5. The van der Waals surface area contributed by atoms with Crippen molar-refractivity contribution < 1.29 is 9.18 Å². The van der Waals surface area contributed by atoms with Gasteiger partial charge in [0.15, 0.2) is 5.96 Å². The lowest BCUT2D eigenvalue weighted by Crippen LogP contribution is -2.39. The minimum Gasteiger partial charge on any atom is -0.361 e. The first-order chi connectivity index (χ1) is 14.2. The van der Waals surface area contributed by atoms with E-state index in [-0.39, 0.29) is 18.3 Å². The molecule has 0 saturated carbocycles. The van der Waals surface area contributed by atoms with E-state index in [1.807, 2.05) is 43.5 Å². The molecule has 1 amide bonds. The molecule has 3 aromatic rings. The Bertz CT molecular complexity index is 968. The van der Waals surface area contributed by atoms with Crippen molar-refractivity contribution in [1.82, 2.24) is 20.9 Å². The summed E-state index contributed by atoms with van der Waals surface area (Å²) in [5, 5.41) is 10.1. The van der Waals surface area contributed by atoms with Gasteiger partial charge in [-0.15, -0.1) is 0 Å². The van der Waals surface area contributed by atoms with Gasteiger partial charge in [0.1, 0.15) is 12.4 Å². The van der Waals surface area contributed by atoms with Gasteiger partial charge in [-0.3, -0.25) is 4.79 Å². The van der Waals surface area contributed by atoms with E-state index in [0.29, 0.717) is 32.0 Å². The average Bonchev–Trinajstić information content (AvgIpc) is 3.13. The van der Waals surface area contributed by atoms with Gasteiger partial charge < -0.3 is 20.9 Å². The van der Waals surface area contributed by atoms with E-state index < -0.39 is 0 Å². The van der Waals surface area contributed by atoms with Crippen molar-refractivity contribution in [3.63, 3.8) is 0 Å². The standard InChI is InChI=1S/C22H26FN5O/c1-2-24-22(28-15-21(29)27-13-16-6-4-3-5-7-16)25-11-10-17-14-26-20-9-8-18(23)12-19(17)20/h3-9,12,14,26H,2,10-11,13,15H2,1H3,(H,27,29)(H2,24,25,28). The number of aromatic amines is 1. The van der Waals surface area contributed by atoms with Crippen LogP contribution in [0, 0.1) is 5.82 Å². The van der Waals surface area contributed by atoms with Crippen molar-refractivity contribution >= 4 is 22.8 Å². The summed E-state index contributed by atoms with van der Waals surface area (Å²) in [7, 11) is 0. The molecule has 0 radical (unpaired) electrons. The second kappa shape index (κ2) is 10.3. The smallest absolute Gasteiger partial charge is 0.242 e. The van der Waals surface area contributed by atoms with Crippen LogP contribution < -0.4 is 16.0 Å². The number of nitrogens with zero attached hydrogens (tertiary/aromatic N) is 1. The molecule has 0 fully saturated rings. The van der Waals surface area contributed by atoms with Gasteiger partial charge in [-0.25, -0.2) is 9.38 Å². The molecule has 0 aliphatic carbocycles. The van der Waals surface area contributed by atoms with Gasteiger partial charge in [0.25, 0.3) is 0 Å². The number of aliphatic imine (C=N–C) groups is 1. The van der Waals surface area contributed by atoms with Crippen LogP contribution >= 0.6 is 0 Å². The van der Waals surface area contributed by atoms with Crippen molar-refractivity contribution in [2.45, 2.75) is 19.9 Å². The summed E-state index contributed by atoms with van der Waals surface area (Å²) in [6.07, 6.45) is 2.60. The molecule has 0 atom stereocenters. The SMILES string of the molecule is CCNC(=NCC(=O)NCc1ccccc1)NCCc1c[nH]c2ccc(F)cc12. The average molecular weight is 395 g/mol. The number of halogens is 1. The zero-order valence-corrected chi connectivity index (χ0v) is 16.5. The molecule has 6 nitrogen and oxygen atoms in total. The Morgan fingerprint density at radius 2 is 1.93 bits per heavy atom. The number of H-pyrrole nitrogens is 1. The number of hydrogen-bond acceptors (Lipinski definition) is 2. The molecule has 0 saturated heterocycles.